The van der Waals surface area contributed by atoms with E-state index in [0.29, 0.717) is 22.2 Å². The molecular weight excluding hydrogens is 338 g/mol. The van der Waals surface area contributed by atoms with Crippen molar-refractivity contribution in [2.75, 3.05) is 18.9 Å². The van der Waals surface area contributed by atoms with Gasteiger partial charge in [-0.15, -0.1) is 0 Å². The summed E-state index contributed by atoms with van der Waals surface area (Å²) in [5, 5.41) is 1.67. The van der Waals surface area contributed by atoms with Crippen molar-refractivity contribution < 1.29 is 17.9 Å². The number of ether oxygens (including phenoxy) is 2. The normalized spacial score (nSPS) is 11.4. The maximum Gasteiger partial charge on any atom is 0.255 e. The van der Waals surface area contributed by atoms with E-state index in [2.05, 4.69) is 4.72 Å². The standard InChI is InChI=1S/C16H16ClNO4S/c1-21-14-7-8-16(22-2)15(11-14)18-23(19,20)10-9-12-3-5-13(17)6-4-12/h3-11,18H,1-2H3/b10-9+. The minimum Gasteiger partial charge on any atom is -0.497 e. The summed E-state index contributed by atoms with van der Waals surface area (Å²) in [6.07, 6.45) is 1.48. The SMILES string of the molecule is COc1ccc(OC)c(NS(=O)(=O)/C=C/c2ccc(Cl)cc2)c1. The van der Waals surface area contributed by atoms with Crippen LogP contribution in [0.15, 0.2) is 47.9 Å². The molecule has 0 saturated heterocycles. The van der Waals surface area contributed by atoms with Crippen LogP contribution in [0.25, 0.3) is 6.08 Å². The molecule has 23 heavy (non-hydrogen) atoms. The molecule has 5 nitrogen and oxygen atoms in total. The van der Waals surface area contributed by atoms with Gasteiger partial charge in [-0.05, 0) is 35.9 Å². The van der Waals surface area contributed by atoms with Gasteiger partial charge in [-0.2, -0.15) is 0 Å². The lowest BCUT2D eigenvalue weighted by molar-refractivity contribution is 0.405. The van der Waals surface area contributed by atoms with Gasteiger partial charge in [-0.1, -0.05) is 23.7 Å². The molecule has 0 saturated carbocycles. The number of hydrogen-bond acceptors (Lipinski definition) is 4. The van der Waals surface area contributed by atoms with Crippen LogP contribution >= 0.6 is 11.6 Å². The highest BCUT2D eigenvalue weighted by atomic mass is 35.5. The van der Waals surface area contributed by atoms with Crippen molar-refractivity contribution in [1.82, 2.24) is 0 Å². The Balaban J connectivity index is 2.22. The maximum absolute atomic E-state index is 12.2. The number of nitrogens with one attached hydrogen (secondary N) is 1. The van der Waals surface area contributed by atoms with Crippen molar-refractivity contribution in [3.05, 3.63) is 58.5 Å². The first-order valence-electron chi connectivity index (χ1n) is 6.62. The van der Waals surface area contributed by atoms with Gasteiger partial charge in [0.1, 0.15) is 11.5 Å². The molecule has 2 aromatic carbocycles. The van der Waals surface area contributed by atoms with Crippen LogP contribution in [0.5, 0.6) is 11.5 Å². The lowest BCUT2D eigenvalue weighted by Gasteiger charge is -2.11. The number of anilines is 1. The van der Waals surface area contributed by atoms with Crippen LogP contribution in [0.3, 0.4) is 0 Å². The Morgan fingerprint density at radius 2 is 1.74 bits per heavy atom. The Bertz CT molecular complexity index is 801. The fraction of sp³-hybridized carbons (Fsp3) is 0.125. The molecule has 0 bridgehead atoms. The summed E-state index contributed by atoms with van der Waals surface area (Å²) in [4.78, 5) is 0. The lowest BCUT2D eigenvalue weighted by atomic mass is 10.2. The van der Waals surface area contributed by atoms with Crippen LogP contribution < -0.4 is 14.2 Å². The molecule has 2 rings (SSSR count). The Labute approximate surface area is 140 Å². The highest BCUT2D eigenvalue weighted by Gasteiger charge is 2.11. The van der Waals surface area contributed by atoms with E-state index in [1.54, 1.807) is 42.5 Å². The van der Waals surface area contributed by atoms with Crippen LogP contribution in [0, 0.1) is 0 Å². The molecule has 0 spiro atoms. The van der Waals surface area contributed by atoms with Crippen LogP contribution in [0.1, 0.15) is 5.56 Å². The molecule has 0 amide bonds. The Morgan fingerprint density at radius 3 is 2.35 bits per heavy atom. The van der Waals surface area contributed by atoms with Crippen molar-refractivity contribution in [3.8, 4) is 11.5 Å². The third kappa shape index (κ3) is 4.91. The van der Waals surface area contributed by atoms with E-state index in [0.717, 1.165) is 11.0 Å². The quantitative estimate of drug-likeness (QED) is 0.858. The first-order chi connectivity index (χ1) is 10.9. The van der Waals surface area contributed by atoms with E-state index < -0.39 is 10.0 Å². The fourth-order valence-electron chi connectivity index (χ4n) is 1.82. The lowest BCUT2D eigenvalue weighted by Crippen LogP contribution is -2.10. The van der Waals surface area contributed by atoms with Crippen molar-refractivity contribution >= 4 is 33.4 Å². The molecule has 0 radical (unpaired) electrons. The van der Waals surface area contributed by atoms with Crippen LogP contribution in [0.4, 0.5) is 5.69 Å². The summed E-state index contributed by atoms with van der Waals surface area (Å²) in [7, 11) is -0.738. The molecule has 0 unspecified atom stereocenters. The number of hydrogen-bond donors (Lipinski definition) is 1. The first-order valence-corrected chi connectivity index (χ1v) is 8.54. The Kier molecular flexibility index (Phi) is 5.52. The fourth-order valence-corrected chi connectivity index (χ4v) is 2.82. The predicted octanol–water partition coefficient (Wildman–Crippen LogP) is 3.77. The van der Waals surface area contributed by atoms with Gasteiger partial charge in [0.15, 0.2) is 0 Å². The number of methoxy groups -OCH3 is 2. The molecule has 0 aliphatic heterocycles. The van der Waals surface area contributed by atoms with E-state index >= 15 is 0 Å². The van der Waals surface area contributed by atoms with Crippen LogP contribution in [0.2, 0.25) is 5.02 Å². The van der Waals surface area contributed by atoms with E-state index in [1.807, 2.05) is 0 Å². The van der Waals surface area contributed by atoms with E-state index in [-0.39, 0.29) is 0 Å². The van der Waals surface area contributed by atoms with Gasteiger partial charge in [-0.25, -0.2) is 8.42 Å². The summed E-state index contributed by atoms with van der Waals surface area (Å²) in [5.41, 5.74) is 1.02. The number of sulfonamides is 1. The van der Waals surface area contributed by atoms with Crippen LogP contribution in [-0.2, 0) is 10.0 Å². The monoisotopic (exact) mass is 353 g/mol. The molecule has 0 heterocycles. The first kappa shape index (κ1) is 17.2. The summed E-state index contributed by atoms with van der Waals surface area (Å²) >= 11 is 5.79. The molecule has 0 atom stereocenters. The van der Waals surface area contributed by atoms with Gasteiger partial charge in [0.05, 0.1) is 25.3 Å². The summed E-state index contributed by atoms with van der Waals surface area (Å²) < 4.78 is 37.1. The third-order valence-electron chi connectivity index (χ3n) is 2.97. The molecule has 0 aliphatic rings. The van der Waals surface area contributed by atoms with Gasteiger partial charge in [-0.3, -0.25) is 4.72 Å². The number of benzene rings is 2. The minimum absolute atomic E-state index is 0.299. The number of halogens is 1. The van der Waals surface area contributed by atoms with Crippen molar-refractivity contribution in [2.24, 2.45) is 0 Å². The van der Waals surface area contributed by atoms with Gasteiger partial charge in [0.25, 0.3) is 10.0 Å². The van der Waals surface area contributed by atoms with Gasteiger partial charge in [0, 0.05) is 11.1 Å². The molecule has 1 N–H and O–H groups in total. The topological polar surface area (TPSA) is 64.6 Å². The molecule has 0 fully saturated rings. The van der Waals surface area contributed by atoms with Crippen molar-refractivity contribution in [3.63, 3.8) is 0 Å². The maximum atomic E-state index is 12.2. The third-order valence-corrected chi connectivity index (χ3v) is 4.22. The van der Waals surface area contributed by atoms with Gasteiger partial charge >= 0.3 is 0 Å². The van der Waals surface area contributed by atoms with E-state index in [9.17, 15) is 8.42 Å². The van der Waals surface area contributed by atoms with Crippen molar-refractivity contribution in [1.29, 1.82) is 0 Å². The average molecular weight is 354 g/mol. The van der Waals surface area contributed by atoms with Crippen LogP contribution in [-0.4, -0.2) is 22.6 Å². The van der Waals surface area contributed by atoms with Crippen molar-refractivity contribution in [2.45, 2.75) is 0 Å². The second kappa shape index (κ2) is 7.39. The number of rotatable bonds is 6. The average Bonchev–Trinajstić information content (AvgIpc) is 2.54. The van der Waals surface area contributed by atoms with Gasteiger partial charge in [0.2, 0.25) is 0 Å². The second-order valence-electron chi connectivity index (χ2n) is 4.57. The van der Waals surface area contributed by atoms with E-state index in [4.69, 9.17) is 21.1 Å². The zero-order chi connectivity index (χ0) is 16.9. The summed E-state index contributed by atoms with van der Waals surface area (Å²) in [6.45, 7) is 0. The predicted molar refractivity (Wildman–Crippen MR) is 92.6 cm³/mol. The zero-order valence-corrected chi connectivity index (χ0v) is 14.2. The van der Waals surface area contributed by atoms with E-state index in [1.165, 1.54) is 20.3 Å². The smallest absolute Gasteiger partial charge is 0.255 e. The molecule has 0 aliphatic carbocycles. The minimum atomic E-state index is -3.70. The molecule has 2 aromatic rings. The Morgan fingerprint density at radius 1 is 1.04 bits per heavy atom. The summed E-state index contributed by atoms with van der Waals surface area (Å²) in [6, 6.07) is 11.7. The Hall–Kier alpha value is -2.18. The summed E-state index contributed by atoms with van der Waals surface area (Å²) in [5.74, 6) is 0.916. The largest absolute Gasteiger partial charge is 0.497 e. The molecular formula is C16H16ClNO4S. The highest BCUT2D eigenvalue weighted by Crippen LogP contribution is 2.29. The highest BCUT2D eigenvalue weighted by molar-refractivity contribution is 7.95. The zero-order valence-electron chi connectivity index (χ0n) is 12.6. The van der Waals surface area contributed by atoms with Gasteiger partial charge < -0.3 is 9.47 Å². The molecule has 7 heteroatoms. The molecule has 122 valence electrons. The molecule has 0 aromatic heterocycles. The second-order valence-corrected chi connectivity index (χ2v) is 6.57.